The normalized spacial score (nSPS) is 11.0. The van der Waals surface area contributed by atoms with Gasteiger partial charge in [-0.25, -0.2) is 0 Å². The molecular weight excluding hydrogens is 314 g/mol. The number of benzene rings is 2. The number of hydrogen-bond acceptors (Lipinski definition) is 4. The molecule has 0 bridgehead atoms. The first-order valence-electron chi connectivity index (χ1n) is 6.78. The monoisotopic (exact) mass is 325 g/mol. The molecule has 1 amide bonds. The number of halogens is 1. The van der Waals surface area contributed by atoms with Crippen molar-refractivity contribution in [3.8, 4) is 11.3 Å². The van der Waals surface area contributed by atoms with Crippen LogP contribution in [-0.4, -0.2) is 17.3 Å². The number of carbonyl (C=O) groups is 1. The van der Waals surface area contributed by atoms with Crippen molar-refractivity contribution in [2.75, 3.05) is 0 Å². The molecule has 0 unspecified atom stereocenters. The van der Waals surface area contributed by atoms with Crippen LogP contribution in [0.5, 0.6) is 0 Å². The van der Waals surface area contributed by atoms with Crippen LogP contribution in [0.4, 0.5) is 5.69 Å². The third kappa shape index (κ3) is 3.64. The minimum atomic E-state index is -0.492. The Hall–Kier alpha value is -2.92. The van der Waals surface area contributed by atoms with Crippen LogP contribution in [0.3, 0.4) is 0 Å². The van der Waals surface area contributed by atoms with Gasteiger partial charge in [0, 0.05) is 22.2 Å². The number of amides is 1. The largest absolute Gasteiger partial charge is 0.366 e. The molecule has 0 aliphatic carbocycles. The molecule has 3 rings (SSSR count). The average Bonchev–Trinajstić information content (AvgIpc) is 3.03. The second kappa shape index (κ2) is 6.46. The van der Waals surface area contributed by atoms with E-state index in [1.165, 1.54) is 0 Å². The molecule has 0 spiro atoms. The van der Waals surface area contributed by atoms with Crippen molar-refractivity contribution < 1.29 is 9.32 Å². The summed E-state index contributed by atoms with van der Waals surface area (Å²) in [4.78, 5) is 15.4. The Bertz CT molecular complexity index is 870. The van der Waals surface area contributed by atoms with Crippen molar-refractivity contribution in [3.05, 3.63) is 70.9 Å². The highest BCUT2D eigenvalue weighted by molar-refractivity contribution is 6.30. The Kier molecular flexibility index (Phi) is 4.21. The fourth-order valence-electron chi connectivity index (χ4n) is 1.98. The van der Waals surface area contributed by atoms with E-state index in [0.717, 1.165) is 5.56 Å². The van der Waals surface area contributed by atoms with Gasteiger partial charge in [0.25, 0.3) is 0 Å². The molecule has 0 saturated heterocycles. The third-order valence-corrected chi connectivity index (χ3v) is 3.39. The zero-order chi connectivity index (χ0) is 16.2. The minimum absolute atomic E-state index is 0.404. The molecule has 0 aliphatic heterocycles. The summed E-state index contributed by atoms with van der Waals surface area (Å²) >= 11 is 5.86. The molecule has 0 aliphatic rings. The Balaban J connectivity index is 1.80. The Morgan fingerprint density at radius 1 is 1.17 bits per heavy atom. The summed E-state index contributed by atoms with van der Waals surface area (Å²) in [7, 11) is 0. The average molecular weight is 326 g/mol. The van der Waals surface area contributed by atoms with Gasteiger partial charge in [0.15, 0.2) is 5.76 Å². The summed E-state index contributed by atoms with van der Waals surface area (Å²) in [5.41, 5.74) is 7.70. The van der Waals surface area contributed by atoms with Gasteiger partial charge in [0.2, 0.25) is 5.91 Å². The van der Waals surface area contributed by atoms with Gasteiger partial charge < -0.3 is 10.3 Å². The number of rotatable bonds is 4. The maximum atomic E-state index is 11.1. The van der Waals surface area contributed by atoms with Crippen LogP contribution < -0.4 is 5.73 Å². The van der Waals surface area contributed by atoms with E-state index in [1.807, 2.05) is 12.1 Å². The number of aromatic nitrogens is 1. The first-order chi connectivity index (χ1) is 11.1. The van der Waals surface area contributed by atoms with Gasteiger partial charge in [0.05, 0.1) is 11.9 Å². The van der Waals surface area contributed by atoms with Crippen LogP contribution in [0.15, 0.2) is 64.1 Å². The summed E-state index contributed by atoms with van der Waals surface area (Å²) in [6.45, 7) is 0. The van der Waals surface area contributed by atoms with Crippen molar-refractivity contribution in [3.63, 3.8) is 0 Å². The smallest absolute Gasteiger partial charge is 0.248 e. The second-order valence-electron chi connectivity index (χ2n) is 4.80. The molecule has 2 N–H and O–H groups in total. The van der Waals surface area contributed by atoms with Crippen LogP contribution in [0, 0.1) is 0 Å². The van der Waals surface area contributed by atoms with E-state index in [2.05, 4.69) is 10.1 Å². The van der Waals surface area contributed by atoms with Gasteiger partial charge in [-0.1, -0.05) is 22.8 Å². The Labute approximate surface area is 137 Å². The standard InChI is InChI=1S/C17H12ClN3O2/c18-13-6-4-11(5-7-13)16-9-15(21-23-16)10-20-14-3-1-2-12(8-14)17(19)22/h1-10H,(H2,19,22). The third-order valence-electron chi connectivity index (χ3n) is 3.13. The van der Waals surface area contributed by atoms with Crippen LogP contribution >= 0.6 is 11.6 Å². The second-order valence-corrected chi connectivity index (χ2v) is 5.23. The number of nitrogens with zero attached hydrogens (tertiary/aromatic N) is 2. The SMILES string of the molecule is NC(=O)c1cccc(N=Cc2cc(-c3ccc(Cl)cc3)on2)c1. The molecule has 1 heterocycles. The van der Waals surface area contributed by atoms with Gasteiger partial charge in [-0.3, -0.25) is 9.79 Å². The molecule has 23 heavy (non-hydrogen) atoms. The molecule has 0 radical (unpaired) electrons. The number of carbonyl (C=O) groups excluding carboxylic acids is 1. The summed E-state index contributed by atoms with van der Waals surface area (Å²) in [6, 6.07) is 15.8. The Morgan fingerprint density at radius 3 is 2.70 bits per heavy atom. The molecule has 2 aromatic carbocycles. The van der Waals surface area contributed by atoms with E-state index in [-0.39, 0.29) is 0 Å². The van der Waals surface area contributed by atoms with Crippen molar-refractivity contribution in [2.45, 2.75) is 0 Å². The van der Waals surface area contributed by atoms with Crippen LogP contribution in [0.2, 0.25) is 5.02 Å². The highest BCUT2D eigenvalue weighted by atomic mass is 35.5. The van der Waals surface area contributed by atoms with E-state index in [1.54, 1.807) is 48.7 Å². The number of nitrogens with two attached hydrogens (primary N) is 1. The maximum absolute atomic E-state index is 11.1. The molecule has 5 nitrogen and oxygen atoms in total. The lowest BCUT2D eigenvalue weighted by atomic mass is 10.1. The molecule has 0 fully saturated rings. The maximum Gasteiger partial charge on any atom is 0.248 e. The molecule has 114 valence electrons. The lowest BCUT2D eigenvalue weighted by molar-refractivity contribution is 0.100. The molecule has 6 heteroatoms. The van der Waals surface area contributed by atoms with Crippen LogP contribution in [0.25, 0.3) is 11.3 Å². The topological polar surface area (TPSA) is 81.5 Å². The summed E-state index contributed by atoms with van der Waals surface area (Å²) < 4.78 is 5.28. The number of hydrogen-bond donors (Lipinski definition) is 1. The fourth-order valence-corrected chi connectivity index (χ4v) is 2.11. The van der Waals surface area contributed by atoms with E-state index < -0.39 is 5.91 Å². The predicted molar refractivity (Wildman–Crippen MR) is 89.2 cm³/mol. The number of aliphatic imine (C=N–C) groups is 1. The van der Waals surface area contributed by atoms with E-state index in [9.17, 15) is 4.79 Å². The van der Waals surface area contributed by atoms with Crippen molar-refractivity contribution in [1.82, 2.24) is 5.16 Å². The first-order valence-corrected chi connectivity index (χ1v) is 7.16. The van der Waals surface area contributed by atoms with E-state index in [0.29, 0.717) is 27.7 Å². The molecule has 1 aromatic heterocycles. The van der Waals surface area contributed by atoms with Gasteiger partial charge in [-0.2, -0.15) is 0 Å². The zero-order valence-corrected chi connectivity index (χ0v) is 12.7. The lowest BCUT2D eigenvalue weighted by Gasteiger charge is -1.96. The summed E-state index contributed by atoms with van der Waals surface area (Å²) in [5, 5.41) is 4.60. The predicted octanol–water partition coefficient (Wildman–Crippen LogP) is 3.84. The number of primary amides is 1. The first kappa shape index (κ1) is 15.0. The highest BCUT2D eigenvalue weighted by Gasteiger charge is 2.05. The molecular formula is C17H12ClN3O2. The van der Waals surface area contributed by atoms with Crippen LogP contribution in [0.1, 0.15) is 16.1 Å². The zero-order valence-electron chi connectivity index (χ0n) is 11.9. The highest BCUT2D eigenvalue weighted by Crippen LogP contribution is 2.22. The molecule has 0 atom stereocenters. The molecule has 0 saturated carbocycles. The van der Waals surface area contributed by atoms with Crippen molar-refractivity contribution in [1.29, 1.82) is 0 Å². The van der Waals surface area contributed by atoms with Crippen molar-refractivity contribution in [2.24, 2.45) is 10.7 Å². The summed E-state index contributed by atoms with van der Waals surface area (Å²) in [6.07, 6.45) is 1.56. The van der Waals surface area contributed by atoms with Crippen LogP contribution in [-0.2, 0) is 0 Å². The van der Waals surface area contributed by atoms with Gasteiger partial charge in [-0.15, -0.1) is 0 Å². The van der Waals surface area contributed by atoms with E-state index >= 15 is 0 Å². The molecule has 3 aromatic rings. The van der Waals surface area contributed by atoms with Gasteiger partial charge in [-0.05, 0) is 42.5 Å². The minimum Gasteiger partial charge on any atom is -0.366 e. The Morgan fingerprint density at radius 2 is 1.96 bits per heavy atom. The van der Waals surface area contributed by atoms with Gasteiger partial charge >= 0.3 is 0 Å². The lowest BCUT2D eigenvalue weighted by Crippen LogP contribution is -2.10. The van der Waals surface area contributed by atoms with Crippen molar-refractivity contribution >= 4 is 29.4 Å². The van der Waals surface area contributed by atoms with Gasteiger partial charge in [0.1, 0.15) is 5.69 Å². The quantitative estimate of drug-likeness (QED) is 0.740. The van der Waals surface area contributed by atoms with E-state index in [4.69, 9.17) is 21.9 Å². The fraction of sp³-hybridized carbons (Fsp3) is 0. The summed E-state index contributed by atoms with van der Waals surface area (Å²) in [5.74, 6) is 0.127.